The van der Waals surface area contributed by atoms with Crippen LogP contribution in [0, 0.1) is 11.8 Å². The summed E-state index contributed by atoms with van der Waals surface area (Å²) < 4.78 is 0. The summed E-state index contributed by atoms with van der Waals surface area (Å²) in [6, 6.07) is 0.294. The first kappa shape index (κ1) is 12.1. The van der Waals surface area contributed by atoms with Gasteiger partial charge in [0.2, 0.25) is 0 Å². The monoisotopic (exact) mass is 209 g/mol. The predicted octanol–water partition coefficient (Wildman–Crippen LogP) is 1.33. The fraction of sp³-hybridized carbons (Fsp3) is 0.667. The van der Waals surface area contributed by atoms with Crippen molar-refractivity contribution in [2.75, 3.05) is 6.54 Å². The highest BCUT2D eigenvalue weighted by atomic mass is 16.1. The van der Waals surface area contributed by atoms with Crippen LogP contribution in [0.4, 0.5) is 0 Å². The lowest BCUT2D eigenvalue weighted by molar-refractivity contribution is -0.112. The van der Waals surface area contributed by atoms with Crippen LogP contribution in [0.15, 0.2) is 12.2 Å². The average Bonchev–Trinajstić information content (AvgIpc) is 2.26. The lowest BCUT2D eigenvalue weighted by Gasteiger charge is -2.26. The number of nitrogens with one attached hydrogen (secondary N) is 1. The summed E-state index contributed by atoms with van der Waals surface area (Å²) in [5.74, 6) is 0.495. The van der Waals surface area contributed by atoms with Crippen LogP contribution in [-0.2, 0) is 9.59 Å². The second-order valence-electron chi connectivity index (χ2n) is 4.15. The number of carbonyl (C=O) groups excluding carboxylic acids is 2. The molecule has 0 amide bonds. The standard InChI is InChI=1S/C12H19NO2/c1-10-4-5-12(8-11(10)9-15)13-6-2-3-7-14/h4-5,7,9-13H,2-3,6,8H2,1H3. The van der Waals surface area contributed by atoms with Crippen LogP contribution in [0.1, 0.15) is 26.2 Å². The van der Waals surface area contributed by atoms with E-state index < -0.39 is 0 Å². The van der Waals surface area contributed by atoms with Gasteiger partial charge in [0.1, 0.15) is 12.6 Å². The Labute approximate surface area is 90.9 Å². The van der Waals surface area contributed by atoms with Gasteiger partial charge < -0.3 is 14.9 Å². The Bertz CT molecular complexity index is 238. The van der Waals surface area contributed by atoms with Gasteiger partial charge in [0, 0.05) is 18.4 Å². The SMILES string of the molecule is CC1C=CC(NCCCC=O)CC1C=O. The van der Waals surface area contributed by atoms with E-state index in [1.54, 1.807) is 0 Å². The average molecular weight is 209 g/mol. The Morgan fingerprint density at radius 1 is 1.40 bits per heavy atom. The third kappa shape index (κ3) is 3.96. The maximum atomic E-state index is 10.8. The minimum absolute atomic E-state index is 0.138. The molecule has 0 bridgehead atoms. The lowest BCUT2D eigenvalue weighted by atomic mass is 9.84. The fourth-order valence-corrected chi connectivity index (χ4v) is 1.84. The molecule has 1 aliphatic carbocycles. The van der Waals surface area contributed by atoms with Gasteiger partial charge in [-0.25, -0.2) is 0 Å². The number of rotatable bonds is 6. The van der Waals surface area contributed by atoms with Gasteiger partial charge in [-0.15, -0.1) is 0 Å². The molecule has 3 heteroatoms. The van der Waals surface area contributed by atoms with Gasteiger partial charge in [-0.3, -0.25) is 0 Å². The molecule has 3 nitrogen and oxygen atoms in total. The maximum Gasteiger partial charge on any atom is 0.123 e. The van der Waals surface area contributed by atoms with E-state index in [4.69, 9.17) is 0 Å². The molecule has 1 aliphatic rings. The second kappa shape index (κ2) is 6.51. The van der Waals surface area contributed by atoms with Crippen molar-refractivity contribution in [2.24, 2.45) is 11.8 Å². The lowest BCUT2D eigenvalue weighted by Crippen LogP contribution is -2.34. The van der Waals surface area contributed by atoms with Crippen LogP contribution in [0.5, 0.6) is 0 Å². The van der Waals surface area contributed by atoms with Gasteiger partial charge in [-0.2, -0.15) is 0 Å². The first-order valence-electron chi connectivity index (χ1n) is 5.58. The van der Waals surface area contributed by atoms with Crippen LogP contribution < -0.4 is 5.32 Å². The molecule has 3 unspecified atom stereocenters. The predicted molar refractivity (Wildman–Crippen MR) is 59.6 cm³/mol. The first-order valence-corrected chi connectivity index (χ1v) is 5.58. The quantitative estimate of drug-likeness (QED) is 0.408. The summed E-state index contributed by atoms with van der Waals surface area (Å²) in [6.07, 6.45) is 8.57. The first-order chi connectivity index (χ1) is 7.27. The minimum Gasteiger partial charge on any atom is -0.310 e. The molecule has 15 heavy (non-hydrogen) atoms. The third-order valence-corrected chi connectivity index (χ3v) is 2.93. The van der Waals surface area contributed by atoms with Crippen molar-refractivity contribution in [2.45, 2.75) is 32.2 Å². The molecule has 0 heterocycles. The molecule has 0 aromatic carbocycles. The van der Waals surface area contributed by atoms with Crippen molar-refractivity contribution in [1.29, 1.82) is 0 Å². The molecular formula is C12H19NO2. The molecule has 1 rings (SSSR count). The highest BCUT2D eigenvalue weighted by molar-refractivity contribution is 5.55. The van der Waals surface area contributed by atoms with E-state index >= 15 is 0 Å². The summed E-state index contributed by atoms with van der Waals surface area (Å²) >= 11 is 0. The number of carbonyl (C=O) groups is 2. The molecule has 0 fully saturated rings. The molecule has 0 aromatic rings. The van der Waals surface area contributed by atoms with E-state index in [1.165, 1.54) is 0 Å². The van der Waals surface area contributed by atoms with Crippen molar-refractivity contribution in [3.8, 4) is 0 Å². The van der Waals surface area contributed by atoms with Crippen LogP contribution in [0.2, 0.25) is 0 Å². The largest absolute Gasteiger partial charge is 0.310 e. The zero-order valence-electron chi connectivity index (χ0n) is 9.19. The maximum absolute atomic E-state index is 10.8. The second-order valence-corrected chi connectivity index (χ2v) is 4.15. The Morgan fingerprint density at radius 3 is 2.87 bits per heavy atom. The van der Waals surface area contributed by atoms with Crippen molar-refractivity contribution in [3.05, 3.63) is 12.2 Å². The molecule has 0 saturated carbocycles. The normalized spacial score (nSPS) is 30.1. The van der Waals surface area contributed by atoms with Crippen LogP contribution in [-0.4, -0.2) is 25.2 Å². The molecule has 1 N–H and O–H groups in total. The topological polar surface area (TPSA) is 46.2 Å². The zero-order chi connectivity index (χ0) is 11.1. The van der Waals surface area contributed by atoms with E-state index in [9.17, 15) is 9.59 Å². The van der Waals surface area contributed by atoms with Gasteiger partial charge >= 0.3 is 0 Å². The number of hydrogen-bond donors (Lipinski definition) is 1. The van der Waals surface area contributed by atoms with Crippen molar-refractivity contribution in [3.63, 3.8) is 0 Å². The zero-order valence-corrected chi connectivity index (χ0v) is 9.19. The molecule has 0 saturated heterocycles. The molecule has 0 radical (unpaired) electrons. The van der Waals surface area contributed by atoms with Crippen molar-refractivity contribution >= 4 is 12.6 Å². The highest BCUT2D eigenvalue weighted by Gasteiger charge is 2.22. The number of aldehydes is 2. The molecular weight excluding hydrogens is 190 g/mol. The summed E-state index contributed by atoms with van der Waals surface area (Å²) in [6.45, 7) is 2.91. The van der Waals surface area contributed by atoms with E-state index in [2.05, 4.69) is 24.4 Å². The van der Waals surface area contributed by atoms with Gasteiger partial charge in [-0.05, 0) is 25.3 Å². The van der Waals surface area contributed by atoms with Gasteiger partial charge in [-0.1, -0.05) is 19.1 Å². The van der Waals surface area contributed by atoms with E-state index in [0.29, 0.717) is 18.4 Å². The number of allylic oxidation sites excluding steroid dienone is 1. The van der Waals surface area contributed by atoms with E-state index in [-0.39, 0.29) is 5.92 Å². The molecule has 3 atom stereocenters. The number of hydrogen-bond acceptors (Lipinski definition) is 3. The molecule has 0 spiro atoms. The smallest absolute Gasteiger partial charge is 0.123 e. The van der Waals surface area contributed by atoms with Gasteiger partial charge in [0.05, 0.1) is 0 Å². The van der Waals surface area contributed by atoms with E-state index in [0.717, 1.165) is 32.0 Å². The third-order valence-electron chi connectivity index (χ3n) is 2.93. The van der Waals surface area contributed by atoms with Crippen LogP contribution in [0.25, 0.3) is 0 Å². The summed E-state index contributed by atoms with van der Waals surface area (Å²) in [7, 11) is 0. The molecule has 0 aromatic heterocycles. The van der Waals surface area contributed by atoms with Gasteiger partial charge in [0.15, 0.2) is 0 Å². The Hall–Kier alpha value is -0.960. The summed E-state index contributed by atoms with van der Waals surface area (Å²) in [5.41, 5.74) is 0. The minimum atomic E-state index is 0.138. The van der Waals surface area contributed by atoms with E-state index in [1.807, 2.05) is 0 Å². The van der Waals surface area contributed by atoms with Crippen LogP contribution >= 0.6 is 0 Å². The summed E-state index contributed by atoms with van der Waals surface area (Å²) in [4.78, 5) is 20.9. The Morgan fingerprint density at radius 2 is 2.20 bits per heavy atom. The fourth-order valence-electron chi connectivity index (χ4n) is 1.84. The molecule has 0 aliphatic heterocycles. The Balaban J connectivity index is 2.28. The highest BCUT2D eigenvalue weighted by Crippen LogP contribution is 2.22. The van der Waals surface area contributed by atoms with Crippen LogP contribution in [0.3, 0.4) is 0 Å². The Kier molecular flexibility index (Phi) is 5.26. The van der Waals surface area contributed by atoms with Crippen molar-refractivity contribution < 1.29 is 9.59 Å². The van der Waals surface area contributed by atoms with Crippen molar-refractivity contribution in [1.82, 2.24) is 5.32 Å². The molecule has 84 valence electrons. The number of unbranched alkanes of at least 4 members (excludes halogenated alkanes) is 1. The summed E-state index contributed by atoms with van der Waals surface area (Å²) in [5, 5.41) is 3.34. The van der Waals surface area contributed by atoms with Gasteiger partial charge in [0.25, 0.3) is 0 Å².